The highest BCUT2D eigenvalue weighted by Crippen LogP contribution is 2.41. The molecule has 1 aromatic carbocycles. The molecule has 0 unspecified atom stereocenters. The van der Waals surface area contributed by atoms with Crippen LogP contribution in [-0.2, 0) is 21.4 Å². The van der Waals surface area contributed by atoms with Gasteiger partial charge in [-0.25, -0.2) is 12.7 Å². The van der Waals surface area contributed by atoms with Gasteiger partial charge in [-0.2, -0.15) is 0 Å². The molecule has 11 heteroatoms. The smallest absolute Gasteiger partial charge is 0.276 e. The van der Waals surface area contributed by atoms with Gasteiger partial charge in [0, 0.05) is 44.5 Å². The van der Waals surface area contributed by atoms with Gasteiger partial charge < -0.3 is 14.3 Å². The van der Waals surface area contributed by atoms with Crippen molar-refractivity contribution in [3.8, 4) is 0 Å². The molecule has 1 aromatic heterocycles. The number of nitrogens with zero attached hydrogens (tertiary/aromatic N) is 5. The zero-order valence-electron chi connectivity index (χ0n) is 20.9. The SMILES string of the molecule is CC(C)[C@H]1C(=O)N(S(C)(=O)=O)[C@H]2CCN(C(=O)c3cc(CN4CCN(c5ccccc5)CC4)on3)[C@H]12. The van der Waals surface area contributed by atoms with Crippen molar-refractivity contribution < 1.29 is 22.5 Å². The standard InChI is InChI=1S/C25H33N5O5S/c1-17(2)22-23-21(30(25(22)32)36(3,33)34)9-10-29(23)24(31)20-15-19(35-26-20)16-27-11-13-28(14-12-27)18-7-5-4-6-8-18/h4-8,15,17,21-23H,9-14,16H2,1-3H3/t21-,22+,23-/m0/s1. The van der Waals surface area contributed by atoms with Gasteiger partial charge in [-0.15, -0.1) is 0 Å². The molecule has 3 aliphatic rings. The molecule has 0 bridgehead atoms. The van der Waals surface area contributed by atoms with Crippen molar-refractivity contribution >= 4 is 27.5 Å². The number of sulfonamides is 1. The van der Waals surface area contributed by atoms with Crippen molar-refractivity contribution in [2.24, 2.45) is 11.8 Å². The molecule has 3 saturated heterocycles. The maximum atomic E-state index is 13.4. The number of fused-ring (bicyclic) bond motifs is 1. The van der Waals surface area contributed by atoms with E-state index >= 15 is 0 Å². The summed E-state index contributed by atoms with van der Waals surface area (Å²) in [4.78, 5) is 32.7. The summed E-state index contributed by atoms with van der Waals surface area (Å²) in [5.41, 5.74) is 1.41. The van der Waals surface area contributed by atoms with Crippen molar-refractivity contribution in [2.45, 2.75) is 38.9 Å². The highest BCUT2D eigenvalue weighted by molar-refractivity contribution is 7.88. The lowest BCUT2D eigenvalue weighted by molar-refractivity contribution is -0.129. The predicted molar refractivity (Wildman–Crippen MR) is 134 cm³/mol. The predicted octanol–water partition coefficient (Wildman–Crippen LogP) is 1.65. The highest BCUT2D eigenvalue weighted by Gasteiger charge is 2.58. The van der Waals surface area contributed by atoms with Crippen molar-refractivity contribution in [1.82, 2.24) is 19.3 Å². The van der Waals surface area contributed by atoms with E-state index in [1.807, 2.05) is 32.0 Å². The van der Waals surface area contributed by atoms with E-state index in [1.54, 1.807) is 11.0 Å². The molecule has 0 radical (unpaired) electrons. The molecule has 0 saturated carbocycles. The molecular weight excluding hydrogens is 482 g/mol. The fourth-order valence-electron chi connectivity index (χ4n) is 5.93. The fraction of sp³-hybridized carbons (Fsp3) is 0.560. The first-order valence-corrected chi connectivity index (χ1v) is 14.3. The van der Waals surface area contributed by atoms with Crippen LogP contribution >= 0.6 is 0 Å². The number of hydrogen-bond acceptors (Lipinski definition) is 8. The Balaban J connectivity index is 1.25. The van der Waals surface area contributed by atoms with E-state index in [4.69, 9.17) is 4.52 Å². The van der Waals surface area contributed by atoms with E-state index in [2.05, 4.69) is 27.1 Å². The number of benzene rings is 1. The summed E-state index contributed by atoms with van der Waals surface area (Å²) >= 11 is 0. The summed E-state index contributed by atoms with van der Waals surface area (Å²) < 4.78 is 31.2. The van der Waals surface area contributed by atoms with E-state index < -0.39 is 33.9 Å². The lowest BCUT2D eigenvalue weighted by atomic mass is 9.88. The number of amides is 2. The minimum Gasteiger partial charge on any atom is -0.369 e. The van der Waals surface area contributed by atoms with Gasteiger partial charge in [0.25, 0.3) is 5.91 Å². The molecule has 3 fully saturated rings. The third kappa shape index (κ3) is 4.50. The summed E-state index contributed by atoms with van der Waals surface area (Å²) in [7, 11) is -3.72. The minimum absolute atomic E-state index is 0.104. The lowest BCUT2D eigenvalue weighted by Crippen LogP contribution is -2.45. The maximum Gasteiger partial charge on any atom is 0.276 e. The molecule has 10 nitrogen and oxygen atoms in total. The maximum absolute atomic E-state index is 13.4. The Bertz CT molecular complexity index is 1220. The fourth-order valence-corrected chi connectivity index (χ4v) is 7.10. The number of anilines is 1. The molecule has 2 aromatic rings. The van der Waals surface area contributed by atoms with Crippen LogP contribution in [0, 0.1) is 11.8 Å². The number of likely N-dealkylation sites (tertiary alicyclic amines) is 1. The first kappa shape index (κ1) is 24.8. The van der Waals surface area contributed by atoms with Crippen LogP contribution in [0.5, 0.6) is 0 Å². The van der Waals surface area contributed by atoms with Crippen molar-refractivity contribution in [3.63, 3.8) is 0 Å². The number of rotatable bonds is 6. The second kappa shape index (κ2) is 9.51. The van der Waals surface area contributed by atoms with Gasteiger partial charge in [0.05, 0.1) is 30.8 Å². The van der Waals surface area contributed by atoms with Gasteiger partial charge in [-0.05, 0) is 24.5 Å². The zero-order valence-corrected chi connectivity index (χ0v) is 21.7. The molecule has 2 amide bonds. The van der Waals surface area contributed by atoms with E-state index in [0.717, 1.165) is 36.7 Å². The number of carbonyl (C=O) groups excluding carboxylic acids is 2. The van der Waals surface area contributed by atoms with Crippen LogP contribution in [-0.4, -0.2) is 90.6 Å². The summed E-state index contributed by atoms with van der Waals surface area (Å²) in [6, 6.07) is 11.0. The first-order valence-electron chi connectivity index (χ1n) is 12.5. The van der Waals surface area contributed by atoms with Crippen molar-refractivity contribution in [2.75, 3.05) is 43.9 Å². The van der Waals surface area contributed by atoms with Gasteiger partial charge in [-0.1, -0.05) is 37.2 Å². The van der Waals surface area contributed by atoms with Crippen LogP contribution < -0.4 is 4.90 Å². The number of carbonyl (C=O) groups is 2. The average molecular weight is 516 g/mol. The Labute approximate surface area is 211 Å². The molecule has 36 heavy (non-hydrogen) atoms. The van der Waals surface area contributed by atoms with Crippen LogP contribution in [0.2, 0.25) is 0 Å². The summed E-state index contributed by atoms with van der Waals surface area (Å²) in [5.74, 6) is -0.797. The third-order valence-corrected chi connectivity index (χ3v) is 8.74. The quantitative estimate of drug-likeness (QED) is 0.572. The van der Waals surface area contributed by atoms with Crippen LogP contribution in [0.1, 0.15) is 36.5 Å². The van der Waals surface area contributed by atoms with Crippen LogP contribution in [0.3, 0.4) is 0 Å². The Kier molecular flexibility index (Phi) is 6.54. The Morgan fingerprint density at radius 3 is 2.44 bits per heavy atom. The van der Waals surface area contributed by atoms with Crippen molar-refractivity contribution in [3.05, 3.63) is 47.9 Å². The molecule has 5 rings (SSSR count). The second-order valence-electron chi connectivity index (χ2n) is 10.3. The Morgan fingerprint density at radius 1 is 1.11 bits per heavy atom. The van der Waals surface area contributed by atoms with Crippen molar-refractivity contribution in [1.29, 1.82) is 0 Å². The largest absolute Gasteiger partial charge is 0.369 e. The topological polar surface area (TPSA) is 107 Å². The van der Waals surface area contributed by atoms with E-state index in [0.29, 0.717) is 25.3 Å². The normalized spacial score (nSPS) is 25.2. The summed E-state index contributed by atoms with van der Waals surface area (Å²) in [5, 5.41) is 4.04. The van der Waals surface area contributed by atoms with Gasteiger partial charge in [0.2, 0.25) is 15.9 Å². The highest BCUT2D eigenvalue weighted by atomic mass is 32.2. The van der Waals surface area contributed by atoms with Crippen LogP contribution in [0.25, 0.3) is 0 Å². The van der Waals surface area contributed by atoms with E-state index in [1.165, 1.54) is 5.69 Å². The number of hydrogen-bond donors (Lipinski definition) is 0. The minimum atomic E-state index is -3.72. The second-order valence-corrected chi connectivity index (χ2v) is 12.1. The summed E-state index contributed by atoms with van der Waals surface area (Å²) in [6.45, 7) is 8.26. The average Bonchev–Trinajstić information content (AvgIpc) is 3.53. The Hall–Kier alpha value is -2.92. The molecule has 4 heterocycles. The van der Waals surface area contributed by atoms with Crippen LogP contribution in [0.15, 0.2) is 40.9 Å². The van der Waals surface area contributed by atoms with Gasteiger partial charge >= 0.3 is 0 Å². The number of piperazine rings is 1. The van der Waals surface area contributed by atoms with Gasteiger partial charge in [0.15, 0.2) is 11.5 Å². The number of aromatic nitrogens is 1. The molecule has 0 aliphatic carbocycles. The summed E-state index contributed by atoms with van der Waals surface area (Å²) in [6.07, 6.45) is 1.48. The van der Waals surface area contributed by atoms with E-state index in [-0.39, 0.29) is 17.5 Å². The van der Waals surface area contributed by atoms with Gasteiger partial charge in [0.1, 0.15) is 0 Å². The van der Waals surface area contributed by atoms with E-state index in [9.17, 15) is 18.0 Å². The molecule has 0 N–H and O–H groups in total. The molecule has 0 spiro atoms. The molecular formula is C25H33N5O5S. The van der Waals surface area contributed by atoms with Crippen LogP contribution in [0.4, 0.5) is 5.69 Å². The Morgan fingerprint density at radius 2 is 1.81 bits per heavy atom. The third-order valence-electron chi connectivity index (χ3n) is 7.58. The molecule has 194 valence electrons. The number of para-hydroxylation sites is 1. The monoisotopic (exact) mass is 515 g/mol. The first-order chi connectivity index (χ1) is 17.1. The van der Waals surface area contributed by atoms with Gasteiger partial charge in [-0.3, -0.25) is 14.5 Å². The molecule has 3 aliphatic heterocycles. The zero-order chi connectivity index (χ0) is 25.6. The molecule has 3 atom stereocenters. The lowest BCUT2D eigenvalue weighted by Gasteiger charge is -2.35.